The van der Waals surface area contributed by atoms with Crippen molar-refractivity contribution >= 4 is 0 Å². The normalized spacial score (nSPS) is 13.1. The highest BCUT2D eigenvalue weighted by Crippen LogP contribution is 2.14. The van der Waals surface area contributed by atoms with Crippen molar-refractivity contribution in [2.45, 2.75) is 6.10 Å². The van der Waals surface area contributed by atoms with Crippen molar-refractivity contribution in [1.82, 2.24) is 0 Å². The van der Waals surface area contributed by atoms with Crippen molar-refractivity contribution in [3.63, 3.8) is 0 Å². The van der Waals surface area contributed by atoms with E-state index in [0.717, 1.165) is 12.1 Å². The Kier molecular flexibility index (Phi) is 2.19. The van der Waals surface area contributed by atoms with Crippen molar-refractivity contribution in [3.8, 4) is 0 Å². The average Bonchev–Trinajstić information content (AvgIpc) is 1.94. The van der Waals surface area contributed by atoms with Gasteiger partial charge >= 0.3 is 0 Å². The fraction of sp³-hybridized carbons (Fsp3) is 0.125. The monoisotopic (exact) mass is 157 g/mol. The second kappa shape index (κ2) is 2.96. The average molecular weight is 157 g/mol. The van der Waals surface area contributed by atoms with E-state index in [9.17, 15) is 8.78 Å². The van der Waals surface area contributed by atoms with Crippen LogP contribution in [0.25, 0.3) is 0 Å². The van der Waals surface area contributed by atoms with Gasteiger partial charge in [-0.05, 0) is 24.6 Å². The first kappa shape index (κ1) is 8.14. The molecule has 0 aliphatic rings. The molecule has 1 atom stereocenters. The first-order chi connectivity index (χ1) is 5.11. The molecule has 59 valence electrons. The van der Waals surface area contributed by atoms with Crippen LogP contribution in [0.5, 0.6) is 0 Å². The molecule has 0 saturated heterocycles. The Morgan fingerprint density at radius 1 is 1.27 bits per heavy atom. The van der Waals surface area contributed by atoms with Gasteiger partial charge < -0.3 is 5.11 Å². The second-order valence-electron chi connectivity index (χ2n) is 2.19. The van der Waals surface area contributed by atoms with Crippen LogP contribution in [0.15, 0.2) is 18.2 Å². The zero-order valence-electron chi connectivity index (χ0n) is 5.72. The first-order valence-corrected chi connectivity index (χ1v) is 3.07. The molecule has 0 spiro atoms. The summed E-state index contributed by atoms with van der Waals surface area (Å²) in [7, 11) is 0. The van der Waals surface area contributed by atoms with Gasteiger partial charge in [0.2, 0.25) is 0 Å². The Bertz CT molecular complexity index is 258. The third-order valence-corrected chi connectivity index (χ3v) is 1.33. The van der Waals surface area contributed by atoms with Gasteiger partial charge in [0.15, 0.2) is 11.6 Å². The molecule has 1 rings (SSSR count). The zero-order valence-corrected chi connectivity index (χ0v) is 5.72. The number of benzene rings is 1. The molecule has 1 N–H and O–H groups in total. The predicted molar refractivity (Wildman–Crippen MR) is 36.7 cm³/mol. The minimum absolute atomic E-state index is 0.268. The third-order valence-electron chi connectivity index (χ3n) is 1.33. The summed E-state index contributed by atoms with van der Waals surface area (Å²) in [5.74, 6) is -1.89. The van der Waals surface area contributed by atoms with E-state index < -0.39 is 17.7 Å². The van der Waals surface area contributed by atoms with Crippen LogP contribution in [0, 0.1) is 18.6 Å². The molecule has 0 aliphatic carbocycles. The zero-order chi connectivity index (χ0) is 8.43. The summed E-state index contributed by atoms with van der Waals surface area (Å²) in [6, 6.07) is 3.17. The van der Waals surface area contributed by atoms with Crippen molar-refractivity contribution in [2.75, 3.05) is 0 Å². The highest BCUT2D eigenvalue weighted by molar-refractivity contribution is 5.20. The summed E-state index contributed by atoms with van der Waals surface area (Å²) in [5, 5.41) is 8.84. The Balaban J connectivity index is 3.05. The number of halogens is 2. The summed E-state index contributed by atoms with van der Waals surface area (Å²) in [6.45, 7) is 3.25. The Morgan fingerprint density at radius 2 is 1.91 bits per heavy atom. The van der Waals surface area contributed by atoms with Crippen LogP contribution in [0.3, 0.4) is 0 Å². The van der Waals surface area contributed by atoms with Crippen LogP contribution < -0.4 is 0 Å². The van der Waals surface area contributed by atoms with Gasteiger partial charge in [-0.15, -0.1) is 0 Å². The molecule has 0 saturated carbocycles. The van der Waals surface area contributed by atoms with Crippen molar-refractivity contribution in [1.29, 1.82) is 0 Å². The maximum atomic E-state index is 12.4. The van der Waals surface area contributed by atoms with E-state index in [1.54, 1.807) is 0 Å². The van der Waals surface area contributed by atoms with Crippen molar-refractivity contribution in [3.05, 3.63) is 42.3 Å². The van der Waals surface area contributed by atoms with E-state index in [1.807, 2.05) is 0 Å². The van der Waals surface area contributed by atoms with E-state index in [0.29, 0.717) is 0 Å². The molecule has 0 amide bonds. The number of hydrogen-bond acceptors (Lipinski definition) is 1. The Morgan fingerprint density at radius 3 is 2.36 bits per heavy atom. The van der Waals surface area contributed by atoms with Crippen LogP contribution in [0.1, 0.15) is 11.7 Å². The summed E-state index contributed by atoms with van der Waals surface area (Å²) >= 11 is 0. The highest BCUT2D eigenvalue weighted by Gasteiger charge is 2.05. The van der Waals surface area contributed by atoms with E-state index in [2.05, 4.69) is 6.92 Å². The fourth-order valence-corrected chi connectivity index (χ4v) is 0.720. The molecule has 1 aromatic carbocycles. The fourth-order valence-electron chi connectivity index (χ4n) is 0.720. The minimum atomic E-state index is -1.01. The van der Waals surface area contributed by atoms with Gasteiger partial charge in [-0.1, -0.05) is 6.07 Å². The van der Waals surface area contributed by atoms with Crippen LogP contribution >= 0.6 is 0 Å². The number of aliphatic hydroxyl groups excluding tert-OH is 1. The van der Waals surface area contributed by atoms with Crippen LogP contribution in [0.2, 0.25) is 0 Å². The molecule has 0 fully saturated rings. The SMILES string of the molecule is [CH2]C(O)c1ccc(F)c(F)c1. The number of hydrogen-bond donors (Lipinski definition) is 1. The summed E-state index contributed by atoms with van der Waals surface area (Å²) in [5.41, 5.74) is 0.268. The molecule has 3 heteroatoms. The molecule has 0 aromatic heterocycles. The van der Waals surface area contributed by atoms with Crippen molar-refractivity contribution < 1.29 is 13.9 Å². The molecular formula is C8H7F2O. The smallest absolute Gasteiger partial charge is 0.159 e. The molecule has 1 unspecified atom stereocenters. The molecule has 1 radical (unpaired) electrons. The Hall–Kier alpha value is -0.960. The lowest BCUT2D eigenvalue weighted by Gasteiger charge is -2.03. The topological polar surface area (TPSA) is 20.2 Å². The summed E-state index contributed by atoms with van der Waals surface area (Å²) in [6.07, 6.45) is -1.01. The lowest BCUT2D eigenvalue weighted by atomic mass is 10.1. The first-order valence-electron chi connectivity index (χ1n) is 3.07. The second-order valence-corrected chi connectivity index (χ2v) is 2.19. The van der Waals surface area contributed by atoms with Gasteiger partial charge in [0.05, 0.1) is 6.10 Å². The van der Waals surface area contributed by atoms with E-state index in [1.165, 1.54) is 6.07 Å². The molecule has 1 aromatic rings. The van der Waals surface area contributed by atoms with E-state index in [4.69, 9.17) is 5.11 Å². The van der Waals surface area contributed by atoms with Gasteiger partial charge in [0, 0.05) is 0 Å². The molecule has 0 aliphatic heterocycles. The highest BCUT2D eigenvalue weighted by atomic mass is 19.2. The number of aliphatic hydroxyl groups is 1. The van der Waals surface area contributed by atoms with E-state index >= 15 is 0 Å². The van der Waals surface area contributed by atoms with Crippen LogP contribution in [-0.2, 0) is 0 Å². The predicted octanol–water partition coefficient (Wildman–Crippen LogP) is 1.83. The van der Waals surface area contributed by atoms with Crippen LogP contribution in [0.4, 0.5) is 8.78 Å². The lowest BCUT2D eigenvalue weighted by Crippen LogP contribution is -1.93. The van der Waals surface area contributed by atoms with Gasteiger partial charge in [0.1, 0.15) is 0 Å². The van der Waals surface area contributed by atoms with Crippen molar-refractivity contribution in [2.24, 2.45) is 0 Å². The summed E-state index contributed by atoms with van der Waals surface area (Å²) < 4.78 is 24.7. The van der Waals surface area contributed by atoms with Gasteiger partial charge in [0.25, 0.3) is 0 Å². The van der Waals surface area contributed by atoms with E-state index in [-0.39, 0.29) is 5.56 Å². The molecular weight excluding hydrogens is 150 g/mol. The maximum Gasteiger partial charge on any atom is 0.159 e. The third kappa shape index (κ3) is 1.74. The van der Waals surface area contributed by atoms with Crippen LogP contribution in [-0.4, -0.2) is 5.11 Å². The summed E-state index contributed by atoms with van der Waals surface area (Å²) in [4.78, 5) is 0. The molecule has 1 nitrogen and oxygen atoms in total. The largest absolute Gasteiger partial charge is 0.388 e. The number of rotatable bonds is 1. The van der Waals surface area contributed by atoms with Gasteiger partial charge in [-0.2, -0.15) is 0 Å². The lowest BCUT2D eigenvalue weighted by molar-refractivity contribution is 0.225. The maximum absolute atomic E-state index is 12.4. The van der Waals surface area contributed by atoms with Gasteiger partial charge in [-0.25, -0.2) is 8.78 Å². The quantitative estimate of drug-likeness (QED) is 0.659. The van der Waals surface area contributed by atoms with Gasteiger partial charge in [-0.3, -0.25) is 0 Å². The Labute approximate surface area is 63.3 Å². The molecule has 0 bridgehead atoms. The minimum Gasteiger partial charge on any atom is -0.388 e. The molecule has 11 heavy (non-hydrogen) atoms. The standard InChI is InChI=1S/C8H7F2O/c1-5(11)6-2-3-7(9)8(10)4-6/h2-5,11H,1H2. The molecule has 0 heterocycles.